The number of benzene rings is 2. The maximum absolute atomic E-state index is 13.4. The van der Waals surface area contributed by atoms with Crippen LogP contribution in [0.1, 0.15) is 29.3 Å². The van der Waals surface area contributed by atoms with Crippen LogP contribution in [0.5, 0.6) is 5.75 Å². The summed E-state index contributed by atoms with van der Waals surface area (Å²) in [5.41, 5.74) is 2.30. The largest absolute Gasteiger partial charge is 0.497 e. The number of ether oxygens (including phenoxy) is 1. The molecule has 1 amide bonds. The summed E-state index contributed by atoms with van der Waals surface area (Å²) in [6.45, 7) is 2.02. The number of methoxy groups -OCH3 is 1. The van der Waals surface area contributed by atoms with Crippen molar-refractivity contribution in [3.8, 4) is 5.75 Å². The van der Waals surface area contributed by atoms with Crippen LogP contribution < -0.4 is 9.64 Å². The molecule has 1 heterocycles. The van der Waals surface area contributed by atoms with E-state index < -0.39 is 0 Å². The normalized spacial score (nSPS) is 17.0. The lowest BCUT2D eigenvalue weighted by Crippen LogP contribution is -2.42. The van der Waals surface area contributed by atoms with Gasteiger partial charge in [0.2, 0.25) is 0 Å². The minimum Gasteiger partial charge on any atom is -0.497 e. The first kappa shape index (κ1) is 14.6. The molecule has 0 N–H and O–H groups in total. The van der Waals surface area contributed by atoms with Crippen LogP contribution >= 0.6 is 0 Å². The van der Waals surface area contributed by atoms with Crippen molar-refractivity contribution in [3.05, 3.63) is 59.4 Å². The van der Waals surface area contributed by atoms with Gasteiger partial charge in [0.25, 0.3) is 5.91 Å². The Kier molecular flexibility index (Phi) is 3.84. The Balaban J connectivity index is 1.97. The molecule has 114 valence electrons. The van der Waals surface area contributed by atoms with Gasteiger partial charge >= 0.3 is 0 Å². The zero-order chi connectivity index (χ0) is 15.7. The molecule has 2 aromatic rings. The number of carbonyl (C=O) groups excluding carboxylic acids is 1. The third kappa shape index (κ3) is 2.56. The standard InChI is InChI=1S/C18H18FNO2/c1-12-3-4-14-11-15(19)7-10-17(14)20(12)18(21)13-5-8-16(22-2)9-6-13/h5-12H,3-4H2,1-2H3/t12-/m1/s1. The molecule has 1 atom stereocenters. The summed E-state index contributed by atoms with van der Waals surface area (Å²) in [5, 5.41) is 0. The fraction of sp³-hybridized carbons (Fsp3) is 0.278. The van der Waals surface area contributed by atoms with Gasteiger partial charge in [0.1, 0.15) is 11.6 Å². The van der Waals surface area contributed by atoms with Gasteiger partial charge in [0.15, 0.2) is 0 Å². The summed E-state index contributed by atoms with van der Waals surface area (Å²) in [5.74, 6) is 0.388. The van der Waals surface area contributed by atoms with Crippen LogP contribution in [0.4, 0.5) is 10.1 Å². The van der Waals surface area contributed by atoms with Crippen molar-refractivity contribution in [2.75, 3.05) is 12.0 Å². The average molecular weight is 299 g/mol. The molecule has 0 saturated heterocycles. The molecule has 3 nitrogen and oxygen atoms in total. The quantitative estimate of drug-likeness (QED) is 0.844. The molecular formula is C18H18FNO2. The van der Waals surface area contributed by atoms with E-state index in [0.29, 0.717) is 11.3 Å². The van der Waals surface area contributed by atoms with E-state index in [1.54, 1.807) is 42.3 Å². The highest BCUT2D eigenvalue weighted by Gasteiger charge is 2.29. The van der Waals surface area contributed by atoms with E-state index in [2.05, 4.69) is 0 Å². The topological polar surface area (TPSA) is 29.5 Å². The number of aryl methyl sites for hydroxylation is 1. The molecule has 0 saturated carbocycles. The fourth-order valence-electron chi connectivity index (χ4n) is 2.90. The third-order valence-electron chi connectivity index (χ3n) is 4.13. The van der Waals surface area contributed by atoms with Gasteiger partial charge in [-0.3, -0.25) is 4.79 Å². The van der Waals surface area contributed by atoms with Crippen molar-refractivity contribution in [2.45, 2.75) is 25.8 Å². The predicted octanol–water partition coefficient (Wildman–Crippen LogP) is 3.82. The van der Waals surface area contributed by atoms with E-state index >= 15 is 0 Å². The highest BCUT2D eigenvalue weighted by atomic mass is 19.1. The van der Waals surface area contributed by atoms with E-state index in [1.165, 1.54) is 12.1 Å². The van der Waals surface area contributed by atoms with E-state index in [-0.39, 0.29) is 17.8 Å². The van der Waals surface area contributed by atoms with Crippen molar-refractivity contribution in [3.63, 3.8) is 0 Å². The number of hydrogen-bond donors (Lipinski definition) is 0. The van der Waals surface area contributed by atoms with Gasteiger partial charge in [-0.15, -0.1) is 0 Å². The summed E-state index contributed by atoms with van der Waals surface area (Å²) in [7, 11) is 1.59. The van der Waals surface area contributed by atoms with Crippen LogP contribution in [0.3, 0.4) is 0 Å². The third-order valence-corrected chi connectivity index (χ3v) is 4.13. The Labute approximate surface area is 129 Å². The average Bonchev–Trinajstić information content (AvgIpc) is 2.54. The number of hydrogen-bond acceptors (Lipinski definition) is 2. The monoisotopic (exact) mass is 299 g/mol. The molecule has 0 fully saturated rings. The van der Waals surface area contributed by atoms with Crippen LogP contribution in [0.25, 0.3) is 0 Å². The van der Waals surface area contributed by atoms with Gasteiger partial charge in [0.05, 0.1) is 7.11 Å². The van der Waals surface area contributed by atoms with Crippen molar-refractivity contribution in [1.29, 1.82) is 0 Å². The minimum atomic E-state index is -0.259. The molecule has 0 bridgehead atoms. The highest BCUT2D eigenvalue weighted by Crippen LogP contribution is 2.32. The lowest BCUT2D eigenvalue weighted by atomic mass is 9.95. The molecule has 22 heavy (non-hydrogen) atoms. The molecule has 3 rings (SSSR count). The molecular weight excluding hydrogens is 281 g/mol. The summed E-state index contributed by atoms with van der Waals surface area (Å²) in [4.78, 5) is 14.6. The highest BCUT2D eigenvalue weighted by molar-refractivity contribution is 6.07. The summed E-state index contributed by atoms with van der Waals surface area (Å²) >= 11 is 0. The zero-order valence-electron chi connectivity index (χ0n) is 12.7. The second-order valence-corrected chi connectivity index (χ2v) is 5.56. The van der Waals surface area contributed by atoms with Gasteiger partial charge < -0.3 is 9.64 Å². The zero-order valence-corrected chi connectivity index (χ0v) is 12.7. The minimum absolute atomic E-state index is 0.0669. The Bertz CT molecular complexity index is 697. The van der Waals surface area contributed by atoms with Crippen LogP contribution in [-0.2, 0) is 6.42 Å². The molecule has 1 aliphatic heterocycles. The van der Waals surface area contributed by atoms with Crippen LogP contribution in [0, 0.1) is 5.82 Å². The van der Waals surface area contributed by atoms with Gasteiger partial charge in [-0.1, -0.05) is 0 Å². The first-order valence-electron chi connectivity index (χ1n) is 7.36. The Morgan fingerprint density at radius 2 is 1.95 bits per heavy atom. The summed E-state index contributed by atoms with van der Waals surface area (Å²) in [6.07, 6.45) is 1.62. The first-order valence-corrected chi connectivity index (χ1v) is 7.36. The molecule has 4 heteroatoms. The van der Waals surface area contributed by atoms with Gasteiger partial charge in [-0.05, 0) is 67.8 Å². The second kappa shape index (κ2) is 5.79. The number of rotatable bonds is 2. The molecule has 0 unspecified atom stereocenters. The van der Waals surface area contributed by atoms with Gasteiger partial charge in [-0.25, -0.2) is 4.39 Å². The van der Waals surface area contributed by atoms with Crippen LogP contribution in [-0.4, -0.2) is 19.1 Å². The molecule has 0 radical (unpaired) electrons. The Morgan fingerprint density at radius 3 is 2.64 bits per heavy atom. The first-order chi connectivity index (χ1) is 10.6. The number of anilines is 1. The van der Waals surface area contributed by atoms with Crippen molar-refractivity contribution >= 4 is 11.6 Å². The van der Waals surface area contributed by atoms with Crippen LogP contribution in [0.2, 0.25) is 0 Å². The number of halogens is 1. The lowest BCUT2D eigenvalue weighted by molar-refractivity contribution is 0.0975. The van der Waals surface area contributed by atoms with Gasteiger partial charge in [0, 0.05) is 17.3 Å². The molecule has 1 aliphatic rings. The van der Waals surface area contributed by atoms with Gasteiger partial charge in [-0.2, -0.15) is 0 Å². The number of amides is 1. The second-order valence-electron chi connectivity index (χ2n) is 5.56. The number of fused-ring (bicyclic) bond motifs is 1. The number of nitrogens with zero attached hydrogens (tertiary/aromatic N) is 1. The van der Waals surface area contributed by atoms with Crippen LogP contribution in [0.15, 0.2) is 42.5 Å². The molecule has 0 spiro atoms. The SMILES string of the molecule is COc1ccc(C(=O)N2c3ccc(F)cc3CC[C@H]2C)cc1. The lowest BCUT2D eigenvalue weighted by Gasteiger charge is -2.35. The van der Waals surface area contributed by atoms with E-state index in [0.717, 1.165) is 24.1 Å². The van der Waals surface area contributed by atoms with Crippen molar-refractivity contribution in [1.82, 2.24) is 0 Å². The molecule has 0 aromatic heterocycles. The summed E-state index contributed by atoms with van der Waals surface area (Å²) < 4.78 is 18.5. The molecule has 0 aliphatic carbocycles. The van der Waals surface area contributed by atoms with Crippen molar-refractivity contribution < 1.29 is 13.9 Å². The maximum atomic E-state index is 13.4. The number of carbonyl (C=O) groups is 1. The smallest absolute Gasteiger partial charge is 0.258 e. The fourth-order valence-corrected chi connectivity index (χ4v) is 2.90. The Hall–Kier alpha value is -2.36. The van der Waals surface area contributed by atoms with E-state index in [4.69, 9.17) is 4.74 Å². The molecule has 2 aromatic carbocycles. The predicted molar refractivity (Wildman–Crippen MR) is 84.0 cm³/mol. The summed E-state index contributed by atoms with van der Waals surface area (Å²) in [6, 6.07) is 11.8. The van der Waals surface area contributed by atoms with E-state index in [9.17, 15) is 9.18 Å². The van der Waals surface area contributed by atoms with E-state index in [1.807, 2.05) is 6.92 Å². The Morgan fingerprint density at radius 1 is 1.23 bits per heavy atom. The van der Waals surface area contributed by atoms with Crippen molar-refractivity contribution in [2.24, 2.45) is 0 Å². The maximum Gasteiger partial charge on any atom is 0.258 e.